The Morgan fingerprint density at radius 3 is 2.86 bits per heavy atom. The zero-order valence-electron chi connectivity index (χ0n) is 12.7. The van der Waals surface area contributed by atoms with Crippen molar-refractivity contribution in [3.63, 3.8) is 0 Å². The van der Waals surface area contributed by atoms with Gasteiger partial charge in [-0.2, -0.15) is 0 Å². The molecule has 0 bridgehead atoms. The Labute approximate surface area is 130 Å². The summed E-state index contributed by atoms with van der Waals surface area (Å²) in [5.74, 6) is 0.289. The third-order valence-electron chi connectivity index (χ3n) is 3.44. The first kappa shape index (κ1) is 16.1. The van der Waals surface area contributed by atoms with E-state index in [9.17, 15) is 4.39 Å². The average molecular weight is 306 g/mol. The monoisotopic (exact) mass is 306 g/mol. The molecule has 0 aliphatic rings. The number of hydrogen-bond donors (Lipinski definition) is 1. The van der Waals surface area contributed by atoms with Crippen LogP contribution in [0.5, 0.6) is 0 Å². The second kappa shape index (κ2) is 8.25. The molecule has 1 aromatic carbocycles. The maximum atomic E-state index is 13.3. The van der Waals surface area contributed by atoms with Gasteiger partial charge in [-0.25, -0.2) is 9.37 Å². The van der Waals surface area contributed by atoms with Gasteiger partial charge in [-0.15, -0.1) is 11.3 Å². The molecule has 2 nitrogen and oxygen atoms in total. The van der Waals surface area contributed by atoms with Gasteiger partial charge >= 0.3 is 0 Å². The number of benzene rings is 1. The van der Waals surface area contributed by atoms with Crippen LogP contribution in [-0.2, 0) is 12.8 Å². The van der Waals surface area contributed by atoms with Gasteiger partial charge in [0.25, 0.3) is 0 Å². The number of nitrogens with one attached hydrogen (secondary N) is 1. The van der Waals surface area contributed by atoms with Crippen LogP contribution in [0.4, 0.5) is 4.39 Å². The zero-order chi connectivity index (χ0) is 15.1. The van der Waals surface area contributed by atoms with Crippen molar-refractivity contribution in [3.05, 3.63) is 51.7 Å². The fraction of sp³-hybridized carbons (Fsp3) is 0.471. The van der Waals surface area contributed by atoms with Gasteiger partial charge in [0.2, 0.25) is 0 Å². The van der Waals surface area contributed by atoms with Gasteiger partial charge in [-0.1, -0.05) is 19.1 Å². The topological polar surface area (TPSA) is 24.9 Å². The van der Waals surface area contributed by atoms with E-state index in [1.807, 2.05) is 13.0 Å². The second-order valence-corrected chi connectivity index (χ2v) is 6.53. The quantitative estimate of drug-likeness (QED) is 0.746. The van der Waals surface area contributed by atoms with Crippen molar-refractivity contribution in [1.82, 2.24) is 10.3 Å². The van der Waals surface area contributed by atoms with Crippen molar-refractivity contribution < 1.29 is 4.39 Å². The summed E-state index contributed by atoms with van der Waals surface area (Å²) in [6.45, 7) is 6.17. The molecular formula is C17H23FN2S. The van der Waals surface area contributed by atoms with Crippen LogP contribution in [-0.4, -0.2) is 18.1 Å². The Kier molecular flexibility index (Phi) is 6.33. The van der Waals surface area contributed by atoms with Crippen LogP contribution in [0.2, 0.25) is 0 Å². The predicted octanol–water partition coefficient (Wildman–Crippen LogP) is 3.99. The lowest BCUT2D eigenvalue weighted by molar-refractivity contribution is 0.466. The molecule has 0 spiro atoms. The normalized spacial score (nSPS) is 12.5. The van der Waals surface area contributed by atoms with Gasteiger partial charge in [-0.05, 0) is 62.9 Å². The van der Waals surface area contributed by atoms with Crippen LogP contribution in [0.1, 0.15) is 29.6 Å². The Bertz CT molecular complexity index is 553. The number of thiazole rings is 1. The molecule has 0 amide bonds. The molecule has 2 rings (SSSR count). The molecule has 2 aromatic rings. The molecule has 1 atom stereocenters. The van der Waals surface area contributed by atoms with E-state index in [0.29, 0.717) is 5.92 Å². The van der Waals surface area contributed by atoms with E-state index in [4.69, 9.17) is 0 Å². The van der Waals surface area contributed by atoms with Crippen LogP contribution in [0.25, 0.3) is 0 Å². The molecular weight excluding hydrogens is 283 g/mol. The van der Waals surface area contributed by atoms with Crippen molar-refractivity contribution in [2.24, 2.45) is 5.92 Å². The number of rotatable bonds is 8. The summed E-state index contributed by atoms with van der Waals surface area (Å²) in [7, 11) is 0. The highest BCUT2D eigenvalue weighted by molar-refractivity contribution is 7.09. The van der Waals surface area contributed by atoms with Gasteiger partial charge in [0.1, 0.15) is 5.82 Å². The highest BCUT2D eigenvalue weighted by Crippen LogP contribution is 2.17. The first-order chi connectivity index (χ1) is 10.2. The van der Waals surface area contributed by atoms with E-state index >= 15 is 0 Å². The summed E-state index contributed by atoms with van der Waals surface area (Å²) in [6, 6.07) is 6.92. The second-order valence-electron chi connectivity index (χ2n) is 5.47. The SMILES string of the molecule is CCCNCC(Cc1cccc(F)c1)Cc1csc(C)n1. The lowest BCUT2D eigenvalue weighted by atomic mass is 9.95. The Hall–Kier alpha value is -1.26. The molecule has 0 saturated heterocycles. The molecule has 4 heteroatoms. The molecule has 0 aliphatic heterocycles. The first-order valence-corrected chi connectivity index (χ1v) is 8.41. The van der Waals surface area contributed by atoms with Crippen LogP contribution >= 0.6 is 11.3 Å². The van der Waals surface area contributed by atoms with Crippen molar-refractivity contribution in [3.8, 4) is 0 Å². The number of aryl methyl sites for hydroxylation is 1. The highest BCUT2D eigenvalue weighted by atomic mass is 32.1. The third kappa shape index (κ3) is 5.56. The molecule has 1 unspecified atom stereocenters. The van der Waals surface area contributed by atoms with Gasteiger partial charge in [-0.3, -0.25) is 0 Å². The summed E-state index contributed by atoms with van der Waals surface area (Å²) in [5.41, 5.74) is 2.21. The van der Waals surface area contributed by atoms with E-state index in [-0.39, 0.29) is 5.82 Å². The minimum absolute atomic E-state index is 0.155. The van der Waals surface area contributed by atoms with Crippen molar-refractivity contribution in [2.75, 3.05) is 13.1 Å². The van der Waals surface area contributed by atoms with Gasteiger partial charge in [0.05, 0.1) is 10.7 Å². The van der Waals surface area contributed by atoms with Crippen LogP contribution in [0, 0.1) is 18.7 Å². The Morgan fingerprint density at radius 1 is 1.33 bits per heavy atom. The van der Waals surface area contributed by atoms with E-state index in [2.05, 4.69) is 22.6 Å². The minimum atomic E-state index is -0.155. The molecule has 0 radical (unpaired) electrons. The maximum absolute atomic E-state index is 13.3. The molecule has 21 heavy (non-hydrogen) atoms. The maximum Gasteiger partial charge on any atom is 0.123 e. The van der Waals surface area contributed by atoms with Crippen LogP contribution < -0.4 is 5.32 Å². The van der Waals surface area contributed by atoms with E-state index < -0.39 is 0 Å². The molecule has 0 aliphatic carbocycles. The molecule has 0 saturated carbocycles. The molecule has 1 heterocycles. The number of hydrogen-bond acceptors (Lipinski definition) is 3. The minimum Gasteiger partial charge on any atom is -0.316 e. The summed E-state index contributed by atoms with van der Waals surface area (Å²) in [5, 5.41) is 6.72. The van der Waals surface area contributed by atoms with Crippen molar-refractivity contribution in [2.45, 2.75) is 33.1 Å². The molecule has 114 valence electrons. The van der Waals surface area contributed by atoms with E-state index in [1.165, 1.54) is 6.07 Å². The Morgan fingerprint density at radius 2 is 2.19 bits per heavy atom. The lowest BCUT2D eigenvalue weighted by Crippen LogP contribution is -2.26. The fourth-order valence-electron chi connectivity index (χ4n) is 2.49. The van der Waals surface area contributed by atoms with Crippen molar-refractivity contribution in [1.29, 1.82) is 0 Å². The molecule has 1 aromatic heterocycles. The fourth-order valence-corrected chi connectivity index (χ4v) is 3.12. The lowest BCUT2D eigenvalue weighted by Gasteiger charge is -2.17. The smallest absolute Gasteiger partial charge is 0.123 e. The summed E-state index contributed by atoms with van der Waals surface area (Å²) >= 11 is 1.69. The number of nitrogens with zero attached hydrogens (tertiary/aromatic N) is 1. The summed E-state index contributed by atoms with van der Waals surface area (Å²) < 4.78 is 13.3. The average Bonchev–Trinajstić information content (AvgIpc) is 2.84. The third-order valence-corrected chi connectivity index (χ3v) is 4.26. The van der Waals surface area contributed by atoms with Gasteiger partial charge < -0.3 is 5.32 Å². The van der Waals surface area contributed by atoms with Crippen molar-refractivity contribution >= 4 is 11.3 Å². The standard InChI is InChI=1S/C17H23FN2S/c1-3-7-19-11-15(10-17-12-21-13(2)20-17)8-14-5-4-6-16(18)9-14/h4-6,9,12,15,19H,3,7-8,10-11H2,1-2H3. The van der Waals surface area contributed by atoms with Crippen LogP contribution in [0.15, 0.2) is 29.6 Å². The van der Waals surface area contributed by atoms with Gasteiger partial charge in [0.15, 0.2) is 0 Å². The zero-order valence-corrected chi connectivity index (χ0v) is 13.5. The molecule has 0 fully saturated rings. The van der Waals surface area contributed by atoms with E-state index in [0.717, 1.165) is 48.6 Å². The number of halogens is 1. The summed E-state index contributed by atoms with van der Waals surface area (Å²) in [6.07, 6.45) is 2.95. The Balaban J connectivity index is 2.00. The largest absolute Gasteiger partial charge is 0.316 e. The predicted molar refractivity (Wildman–Crippen MR) is 87.3 cm³/mol. The van der Waals surface area contributed by atoms with Gasteiger partial charge in [0, 0.05) is 5.38 Å². The van der Waals surface area contributed by atoms with Crippen LogP contribution in [0.3, 0.4) is 0 Å². The van der Waals surface area contributed by atoms with E-state index in [1.54, 1.807) is 23.5 Å². The number of aromatic nitrogens is 1. The molecule has 1 N–H and O–H groups in total. The highest BCUT2D eigenvalue weighted by Gasteiger charge is 2.13. The summed E-state index contributed by atoms with van der Waals surface area (Å²) in [4.78, 5) is 4.55. The first-order valence-electron chi connectivity index (χ1n) is 7.53.